The molecule has 1 N–H and O–H groups in total. The first-order valence-electron chi connectivity index (χ1n) is 9.63. The minimum atomic E-state index is -0.839. The van der Waals surface area contributed by atoms with Crippen molar-refractivity contribution in [1.82, 2.24) is 9.55 Å². The van der Waals surface area contributed by atoms with Crippen LogP contribution in [0.5, 0.6) is 0 Å². The number of carbonyl (C=O) groups is 2. The molecule has 0 bridgehead atoms. The van der Waals surface area contributed by atoms with Gasteiger partial charge in [-0.2, -0.15) is 0 Å². The molecule has 0 saturated carbocycles. The Hall–Kier alpha value is -3.64. The molecule has 3 rings (SSSR count). The van der Waals surface area contributed by atoms with Gasteiger partial charge >= 0.3 is 17.6 Å². The van der Waals surface area contributed by atoms with E-state index in [-0.39, 0.29) is 18.6 Å². The van der Waals surface area contributed by atoms with E-state index in [1.807, 2.05) is 31.2 Å². The van der Waals surface area contributed by atoms with Crippen molar-refractivity contribution in [2.24, 2.45) is 0 Å². The highest BCUT2D eigenvalue weighted by Crippen LogP contribution is 2.30. The van der Waals surface area contributed by atoms with Crippen molar-refractivity contribution < 1.29 is 23.8 Å². The van der Waals surface area contributed by atoms with Gasteiger partial charge in [-0.25, -0.2) is 4.79 Å². The number of aromatic amines is 1. The second kappa shape index (κ2) is 9.45. The van der Waals surface area contributed by atoms with Crippen LogP contribution in [0.15, 0.2) is 40.1 Å². The zero-order valence-corrected chi connectivity index (χ0v) is 17.3. The molecule has 1 fully saturated rings. The Bertz CT molecular complexity index is 1150. The van der Waals surface area contributed by atoms with E-state index in [2.05, 4.69) is 16.8 Å². The van der Waals surface area contributed by atoms with Crippen molar-refractivity contribution in [3.8, 4) is 11.8 Å². The Labute approximate surface area is 177 Å². The first-order chi connectivity index (χ1) is 14.7. The van der Waals surface area contributed by atoms with Crippen LogP contribution in [0.1, 0.15) is 43.2 Å². The highest BCUT2D eigenvalue weighted by molar-refractivity contribution is 5.66. The molecule has 0 spiro atoms. The number of nitrogens with one attached hydrogen (secondary N) is 1. The molecule has 0 amide bonds. The van der Waals surface area contributed by atoms with Gasteiger partial charge in [-0.3, -0.25) is 23.9 Å². The van der Waals surface area contributed by atoms with Crippen LogP contribution in [0.2, 0.25) is 0 Å². The molecule has 9 heteroatoms. The number of hydrogen-bond donors (Lipinski definition) is 1. The van der Waals surface area contributed by atoms with Crippen LogP contribution < -0.4 is 11.2 Å². The Morgan fingerprint density at radius 1 is 1.16 bits per heavy atom. The molecule has 2 heterocycles. The van der Waals surface area contributed by atoms with Gasteiger partial charge in [0, 0.05) is 32.0 Å². The number of nitrogens with zero attached hydrogens (tertiary/aromatic N) is 1. The fourth-order valence-electron chi connectivity index (χ4n) is 3.12. The van der Waals surface area contributed by atoms with Gasteiger partial charge in [0.25, 0.3) is 5.56 Å². The Balaban J connectivity index is 1.88. The van der Waals surface area contributed by atoms with E-state index in [9.17, 15) is 19.2 Å². The summed E-state index contributed by atoms with van der Waals surface area (Å²) >= 11 is 0. The molecule has 9 nitrogen and oxygen atoms in total. The van der Waals surface area contributed by atoms with E-state index in [4.69, 9.17) is 14.2 Å². The van der Waals surface area contributed by atoms with Crippen LogP contribution in [0, 0.1) is 18.8 Å². The standard InChI is InChI=1S/C22H22N2O7/c1-13-4-6-16(7-5-13)8-9-17-11-24(22(28)23-21(17)27)20-10-18(30-15(3)26)19(31-20)12-29-14(2)25/h4-7,11,18-20H,10,12H2,1-3H3,(H,23,27,28)/t18-,19+,20+/m0/s1. The number of ether oxygens (including phenoxy) is 3. The fraction of sp³-hybridized carbons (Fsp3) is 0.364. The smallest absolute Gasteiger partial charge is 0.330 e. The maximum Gasteiger partial charge on any atom is 0.330 e. The van der Waals surface area contributed by atoms with Crippen molar-refractivity contribution in [1.29, 1.82) is 0 Å². The van der Waals surface area contributed by atoms with Crippen molar-refractivity contribution in [3.63, 3.8) is 0 Å². The molecule has 162 valence electrons. The van der Waals surface area contributed by atoms with Gasteiger partial charge in [0.2, 0.25) is 0 Å². The molecule has 0 radical (unpaired) electrons. The molecule has 0 aliphatic carbocycles. The zero-order chi connectivity index (χ0) is 22.5. The third-order valence-corrected chi connectivity index (χ3v) is 4.62. The van der Waals surface area contributed by atoms with Crippen LogP contribution in [-0.2, 0) is 23.8 Å². The largest absolute Gasteiger partial charge is 0.463 e. The van der Waals surface area contributed by atoms with Crippen molar-refractivity contribution in [2.75, 3.05) is 6.61 Å². The van der Waals surface area contributed by atoms with E-state index >= 15 is 0 Å². The summed E-state index contributed by atoms with van der Waals surface area (Å²) in [5, 5.41) is 0. The summed E-state index contributed by atoms with van der Waals surface area (Å²) in [6.45, 7) is 4.32. The number of aromatic nitrogens is 2. The lowest BCUT2D eigenvalue weighted by Crippen LogP contribution is -2.34. The molecule has 1 aromatic heterocycles. The van der Waals surface area contributed by atoms with E-state index in [0.29, 0.717) is 0 Å². The zero-order valence-electron chi connectivity index (χ0n) is 17.3. The van der Waals surface area contributed by atoms with Crippen LogP contribution in [0.25, 0.3) is 0 Å². The predicted molar refractivity (Wildman–Crippen MR) is 109 cm³/mol. The predicted octanol–water partition coefficient (Wildman–Crippen LogP) is 1.03. The molecule has 31 heavy (non-hydrogen) atoms. The second-order valence-corrected chi connectivity index (χ2v) is 7.14. The Morgan fingerprint density at radius 3 is 2.52 bits per heavy atom. The summed E-state index contributed by atoms with van der Waals surface area (Å²) in [6, 6.07) is 7.46. The van der Waals surface area contributed by atoms with Gasteiger partial charge in [0.05, 0.1) is 0 Å². The number of carbonyl (C=O) groups excluding carboxylic acids is 2. The van der Waals surface area contributed by atoms with Crippen LogP contribution in [-0.4, -0.2) is 40.3 Å². The normalized spacial score (nSPS) is 19.9. The summed E-state index contributed by atoms with van der Waals surface area (Å²) in [5.74, 6) is 4.62. The molecule has 1 aromatic carbocycles. The van der Waals surface area contributed by atoms with Gasteiger partial charge in [-0.05, 0) is 19.1 Å². The molecule has 2 aromatic rings. The van der Waals surface area contributed by atoms with Gasteiger partial charge in [-0.15, -0.1) is 0 Å². The third kappa shape index (κ3) is 5.71. The average molecular weight is 426 g/mol. The highest BCUT2D eigenvalue weighted by atomic mass is 16.6. The number of benzene rings is 1. The Kier molecular flexibility index (Phi) is 6.72. The van der Waals surface area contributed by atoms with E-state index in [1.54, 1.807) is 0 Å². The minimum Gasteiger partial charge on any atom is -0.463 e. The lowest BCUT2D eigenvalue weighted by Gasteiger charge is -2.17. The number of hydrogen-bond acceptors (Lipinski definition) is 7. The van der Waals surface area contributed by atoms with E-state index < -0.39 is 41.6 Å². The summed E-state index contributed by atoms with van der Waals surface area (Å²) in [7, 11) is 0. The number of rotatable bonds is 4. The third-order valence-electron chi connectivity index (χ3n) is 4.62. The average Bonchev–Trinajstić information content (AvgIpc) is 3.08. The first kappa shape index (κ1) is 22.1. The van der Waals surface area contributed by atoms with Gasteiger partial charge in [0.1, 0.15) is 30.6 Å². The molecule has 1 saturated heterocycles. The summed E-state index contributed by atoms with van der Waals surface area (Å²) in [6.07, 6.45) is -0.857. The molecular weight excluding hydrogens is 404 g/mol. The van der Waals surface area contributed by atoms with Gasteiger partial charge in [-0.1, -0.05) is 29.5 Å². The number of esters is 2. The first-order valence-corrected chi connectivity index (χ1v) is 9.63. The van der Waals surface area contributed by atoms with Crippen LogP contribution in [0.3, 0.4) is 0 Å². The fourth-order valence-corrected chi connectivity index (χ4v) is 3.12. The minimum absolute atomic E-state index is 0.0799. The molecule has 3 atom stereocenters. The van der Waals surface area contributed by atoms with Crippen molar-refractivity contribution >= 4 is 11.9 Å². The topological polar surface area (TPSA) is 117 Å². The monoisotopic (exact) mass is 426 g/mol. The lowest BCUT2D eigenvalue weighted by atomic mass is 10.1. The van der Waals surface area contributed by atoms with Crippen LogP contribution >= 0.6 is 0 Å². The van der Waals surface area contributed by atoms with Gasteiger partial charge in [0.15, 0.2) is 0 Å². The SMILES string of the molecule is CC(=O)OC[C@H]1O[C@@H](n2cc(C#Cc3ccc(C)cc3)c(=O)[nH]c2=O)C[C@@H]1OC(C)=O. The molecule has 0 unspecified atom stereocenters. The summed E-state index contributed by atoms with van der Waals surface area (Å²) < 4.78 is 17.2. The van der Waals surface area contributed by atoms with E-state index in [0.717, 1.165) is 11.1 Å². The number of aryl methyl sites for hydroxylation is 1. The highest BCUT2D eigenvalue weighted by Gasteiger charge is 2.39. The Morgan fingerprint density at radius 2 is 1.87 bits per heavy atom. The summed E-state index contributed by atoms with van der Waals surface area (Å²) in [5.41, 5.74) is 0.575. The van der Waals surface area contributed by atoms with Crippen molar-refractivity contribution in [3.05, 3.63) is 68.0 Å². The maximum atomic E-state index is 12.4. The van der Waals surface area contributed by atoms with E-state index in [1.165, 1.54) is 24.6 Å². The number of H-pyrrole nitrogens is 1. The molecular formula is C22H22N2O7. The van der Waals surface area contributed by atoms with Crippen molar-refractivity contribution in [2.45, 2.75) is 45.6 Å². The molecule has 1 aliphatic heterocycles. The second-order valence-electron chi connectivity index (χ2n) is 7.14. The lowest BCUT2D eigenvalue weighted by molar-refractivity contribution is -0.155. The summed E-state index contributed by atoms with van der Waals surface area (Å²) in [4.78, 5) is 49.3. The van der Waals surface area contributed by atoms with Crippen LogP contribution in [0.4, 0.5) is 0 Å². The quantitative estimate of drug-likeness (QED) is 0.573. The molecule has 1 aliphatic rings. The van der Waals surface area contributed by atoms with Gasteiger partial charge < -0.3 is 14.2 Å². The maximum absolute atomic E-state index is 12.4.